The third kappa shape index (κ3) is 7.19. The summed E-state index contributed by atoms with van der Waals surface area (Å²) in [5, 5.41) is 3.22. The van der Waals surface area contributed by atoms with Gasteiger partial charge in [0.2, 0.25) is 17.7 Å². The number of hydrogen-bond donors (Lipinski definition) is 1. The summed E-state index contributed by atoms with van der Waals surface area (Å²) < 4.78 is 0. The molecule has 2 aromatic carbocycles. The van der Waals surface area contributed by atoms with Crippen LogP contribution in [0.25, 0.3) is 0 Å². The van der Waals surface area contributed by atoms with Gasteiger partial charge < -0.3 is 15.1 Å². The lowest BCUT2D eigenvalue weighted by molar-refractivity contribution is -0.141. The van der Waals surface area contributed by atoms with E-state index < -0.39 is 6.04 Å². The summed E-state index contributed by atoms with van der Waals surface area (Å²) in [5.41, 5.74) is 2.00. The number of benzene rings is 2. The van der Waals surface area contributed by atoms with E-state index in [9.17, 15) is 14.4 Å². The van der Waals surface area contributed by atoms with Gasteiger partial charge in [-0.15, -0.1) is 0 Å². The van der Waals surface area contributed by atoms with Crippen molar-refractivity contribution in [2.75, 3.05) is 13.1 Å². The summed E-state index contributed by atoms with van der Waals surface area (Å²) in [7, 11) is 0. The topological polar surface area (TPSA) is 69.7 Å². The van der Waals surface area contributed by atoms with Crippen LogP contribution in [0.3, 0.4) is 0 Å². The number of nitrogens with one attached hydrogen (secondary N) is 1. The van der Waals surface area contributed by atoms with E-state index in [2.05, 4.69) is 5.32 Å². The maximum atomic E-state index is 13.6. The van der Waals surface area contributed by atoms with Crippen molar-refractivity contribution < 1.29 is 14.4 Å². The zero-order chi connectivity index (χ0) is 26.1. The maximum absolute atomic E-state index is 13.6. The van der Waals surface area contributed by atoms with Gasteiger partial charge in [-0.2, -0.15) is 0 Å². The van der Waals surface area contributed by atoms with Gasteiger partial charge >= 0.3 is 0 Å². The molecule has 1 aliphatic heterocycles. The molecule has 0 saturated carbocycles. The highest BCUT2D eigenvalue weighted by Gasteiger charge is 2.39. The molecule has 0 spiro atoms. The van der Waals surface area contributed by atoms with Crippen LogP contribution in [0.1, 0.15) is 77.0 Å². The Balaban J connectivity index is 1.71. The molecule has 1 N–H and O–H groups in total. The molecule has 6 nitrogen and oxygen atoms in total. The standard InChI is InChI=1S/C30H41N3O3/c1-5-19-32(28(35)21-22(2)3)20-18-27(34)33-23(4)16-17-26(33)30(36)31-29(24-12-8-6-9-13-24)25-14-10-7-11-15-25/h6-15,22-23,26,29H,5,16-21H2,1-4H3,(H,31,36). The van der Waals surface area contributed by atoms with Gasteiger partial charge in [0, 0.05) is 32.0 Å². The molecule has 1 fully saturated rings. The van der Waals surface area contributed by atoms with E-state index in [1.165, 1.54) is 0 Å². The minimum absolute atomic E-state index is 0.00820. The second-order valence-corrected chi connectivity index (χ2v) is 10.2. The largest absolute Gasteiger partial charge is 0.343 e. The number of rotatable bonds is 11. The minimum atomic E-state index is -0.506. The van der Waals surface area contributed by atoms with E-state index in [0.717, 1.165) is 24.0 Å². The number of hydrogen-bond acceptors (Lipinski definition) is 3. The fourth-order valence-corrected chi connectivity index (χ4v) is 5.02. The van der Waals surface area contributed by atoms with Crippen molar-refractivity contribution in [3.05, 3.63) is 71.8 Å². The van der Waals surface area contributed by atoms with Gasteiger partial charge in [-0.25, -0.2) is 0 Å². The Bertz CT molecular complexity index is 954. The molecular weight excluding hydrogens is 450 g/mol. The quantitative estimate of drug-likeness (QED) is 0.484. The van der Waals surface area contributed by atoms with E-state index in [1.54, 1.807) is 9.80 Å². The fourth-order valence-electron chi connectivity index (χ4n) is 5.02. The first-order valence-corrected chi connectivity index (χ1v) is 13.3. The van der Waals surface area contributed by atoms with Crippen LogP contribution in [0, 0.1) is 5.92 Å². The van der Waals surface area contributed by atoms with Crippen LogP contribution < -0.4 is 5.32 Å². The van der Waals surface area contributed by atoms with Crippen molar-refractivity contribution in [1.29, 1.82) is 0 Å². The van der Waals surface area contributed by atoms with Crippen LogP contribution in [0.4, 0.5) is 0 Å². The predicted octanol–water partition coefficient (Wildman–Crippen LogP) is 4.95. The number of likely N-dealkylation sites (tertiary alicyclic amines) is 1. The first kappa shape index (κ1) is 27.4. The molecule has 0 bridgehead atoms. The van der Waals surface area contributed by atoms with Crippen molar-refractivity contribution in [1.82, 2.24) is 15.1 Å². The zero-order valence-electron chi connectivity index (χ0n) is 22.2. The Kier molecular flexibility index (Phi) is 10.1. The molecule has 2 aromatic rings. The molecule has 3 amide bonds. The zero-order valence-corrected chi connectivity index (χ0v) is 22.2. The highest BCUT2D eigenvalue weighted by molar-refractivity contribution is 5.89. The van der Waals surface area contributed by atoms with Gasteiger partial charge in [-0.1, -0.05) is 81.4 Å². The monoisotopic (exact) mass is 491 g/mol. The molecular formula is C30H41N3O3. The molecule has 1 saturated heterocycles. The summed E-state index contributed by atoms with van der Waals surface area (Å²) in [6, 6.07) is 19.0. The van der Waals surface area contributed by atoms with E-state index >= 15 is 0 Å². The van der Waals surface area contributed by atoms with Crippen molar-refractivity contribution in [2.24, 2.45) is 5.92 Å². The van der Waals surface area contributed by atoms with Gasteiger partial charge in [0.05, 0.1) is 6.04 Å². The van der Waals surface area contributed by atoms with E-state index in [0.29, 0.717) is 25.9 Å². The van der Waals surface area contributed by atoms with Crippen LogP contribution >= 0.6 is 0 Å². The van der Waals surface area contributed by atoms with Crippen molar-refractivity contribution in [3.63, 3.8) is 0 Å². The molecule has 194 valence electrons. The van der Waals surface area contributed by atoms with Crippen LogP contribution in [0.2, 0.25) is 0 Å². The number of carbonyl (C=O) groups is 3. The summed E-state index contributed by atoms with van der Waals surface area (Å²) >= 11 is 0. The normalized spacial score (nSPS) is 17.4. The summed E-state index contributed by atoms with van der Waals surface area (Å²) in [6.45, 7) is 9.14. The van der Waals surface area contributed by atoms with Crippen molar-refractivity contribution >= 4 is 17.7 Å². The number of amides is 3. The summed E-state index contributed by atoms with van der Waals surface area (Å²) in [5.74, 6) is 0.180. The lowest BCUT2D eigenvalue weighted by Gasteiger charge is -2.31. The molecule has 0 radical (unpaired) electrons. The van der Waals surface area contributed by atoms with E-state index in [4.69, 9.17) is 0 Å². The maximum Gasteiger partial charge on any atom is 0.243 e. The van der Waals surface area contributed by atoms with Gasteiger partial charge in [0.15, 0.2) is 0 Å². The Morgan fingerprint density at radius 1 is 0.944 bits per heavy atom. The van der Waals surface area contributed by atoms with Gasteiger partial charge in [-0.3, -0.25) is 14.4 Å². The predicted molar refractivity (Wildman–Crippen MR) is 143 cm³/mol. The van der Waals surface area contributed by atoms with Crippen LogP contribution in [0.15, 0.2) is 60.7 Å². The van der Waals surface area contributed by atoms with Crippen LogP contribution in [-0.4, -0.2) is 52.7 Å². The molecule has 1 aliphatic rings. The first-order valence-electron chi connectivity index (χ1n) is 13.3. The second-order valence-electron chi connectivity index (χ2n) is 10.2. The minimum Gasteiger partial charge on any atom is -0.343 e. The third-order valence-electron chi connectivity index (χ3n) is 6.84. The smallest absolute Gasteiger partial charge is 0.243 e. The Morgan fingerprint density at radius 2 is 1.53 bits per heavy atom. The summed E-state index contributed by atoms with van der Waals surface area (Å²) in [6.07, 6.45) is 3.00. The molecule has 36 heavy (non-hydrogen) atoms. The van der Waals surface area contributed by atoms with Gasteiger partial charge in [0.1, 0.15) is 6.04 Å². The van der Waals surface area contributed by atoms with Crippen molar-refractivity contribution in [3.8, 4) is 0 Å². The number of nitrogens with zero attached hydrogens (tertiary/aromatic N) is 2. The van der Waals surface area contributed by atoms with Gasteiger partial charge in [-0.05, 0) is 43.2 Å². The lowest BCUT2D eigenvalue weighted by atomic mass is 9.98. The second kappa shape index (κ2) is 13.2. The van der Waals surface area contributed by atoms with Crippen molar-refractivity contribution in [2.45, 2.75) is 77.9 Å². The Labute approximate surface area is 216 Å². The highest BCUT2D eigenvalue weighted by atomic mass is 16.2. The van der Waals surface area contributed by atoms with Gasteiger partial charge in [0.25, 0.3) is 0 Å². The molecule has 6 heteroatoms. The SMILES string of the molecule is CCCN(CCC(=O)N1C(C)CCC1C(=O)NC(c1ccccc1)c1ccccc1)C(=O)CC(C)C. The molecule has 0 aliphatic carbocycles. The average molecular weight is 492 g/mol. The number of carbonyl (C=O) groups excluding carboxylic acids is 3. The van der Waals surface area contributed by atoms with Crippen LogP contribution in [0.5, 0.6) is 0 Å². The molecule has 0 aromatic heterocycles. The highest BCUT2D eigenvalue weighted by Crippen LogP contribution is 2.28. The lowest BCUT2D eigenvalue weighted by Crippen LogP contribution is -2.49. The average Bonchev–Trinajstić information content (AvgIpc) is 3.27. The Hall–Kier alpha value is -3.15. The first-order chi connectivity index (χ1) is 17.3. The fraction of sp³-hybridized carbons (Fsp3) is 0.500. The summed E-state index contributed by atoms with van der Waals surface area (Å²) in [4.78, 5) is 43.1. The molecule has 2 unspecified atom stereocenters. The van der Waals surface area contributed by atoms with Crippen LogP contribution in [-0.2, 0) is 14.4 Å². The third-order valence-corrected chi connectivity index (χ3v) is 6.84. The Morgan fingerprint density at radius 3 is 2.06 bits per heavy atom. The van der Waals surface area contributed by atoms with E-state index in [1.807, 2.05) is 88.4 Å². The van der Waals surface area contributed by atoms with E-state index in [-0.39, 0.29) is 42.1 Å². The molecule has 3 rings (SSSR count). The molecule has 1 heterocycles. The molecule has 2 atom stereocenters.